The monoisotopic (exact) mass is 266 g/mol. The first-order chi connectivity index (χ1) is 7.85. The highest BCUT2D eigenvalue weighted by atomic mass is 35.5. The van der Waals surface area contributed by atoms with Crippen LogP contribution >= 0.6 is 11.6 Å². The van der Waals surface area contributed by atoms with Crippen molar-refractivity contribution in [1.82, 2.24) is 5.32 Å². The second kappa shape index (κ2) is 5.37. The molecule has 0 radical (unpaired) electrons. The van der Waals surface area contributed by atoms with Crippen molar-refractivity contribution in [2.24, 2.45) is 5.73 Å². The van der Waals surface area contributed by atoms with E-state index in [1.165, 1.54) is 0 Å². The molecule has 0 heterocycles. The largest absolute Gasteiger partial charge is 0.346 e. The van der Waals surface area contributed by atoms with E-state index in [0.29, 0.717) is 0 Å². The average molecular weight is 267 g/mol. The van der Waals surface area contributed by atoms with Gasteiger partial charge in [0, 0.05) is 5.56 Å². The molecule has 1 amide bonds. The number of benzene rings is 1. The van der Waals surface area contributed by atoms with E-state index in [0.717, 1.165) is 18.2 Å². The van der Waals surface area contributed by atoms with E-state index < -0.39 is 30.7 Å². The van der Waals surface area contributed by atoms with Gasteiger partial charge in [-0.1, -0.05) is 11.6 Å². The van der Waals surface area contributed by atoms with Gasteiger partial charge in [-0.05, 0) is 18.2 Å². The van der Waals surface area contributed by atoms with Crippen LogP contribution < -0.4 is 11.1 Å². The number of amides is 1. The normalized spacial score (nSPS) is 11.4. The van der Waals surface area contributed by atoms with Gasteiger partial charge < -0.3 is 11.1 Å². The number of rotatable bonds is 4. The van der Waals surface area contributed by atoms with Crippen LogP contribution in [0.2, 0.25) is 5.02 Å². The summed E-state index contributed by atoms with van der Waals surface area (Å²) in [7, 11) is 0. The predicted molar refractivity (Wildman–Crippen MR) is 57.7 cm³/mol. The summed E-state index contributed by atoms with van der Waals surface area (Å²) in [5.74, 6) is -4.62. The maximum atomic E-state index is 12.8. The highest BCUT2D eigenvalue weighted by Gasteiger charge is 2.27. The molecule has 7 heteroatoms. The van der Waals surface area contributed by atoms with Crippen LogP contribution in [0.1, 0.15) is 10.4 Å². The Hall–Kier alpha value is -1.27. The number of hydrogen-bond donors (Lipinski definition) is 2. The molecule has 0 atom stereocenters. The zero-order valence-corrected chi connectivity index (χ0v) is 9.40. The van der Waals surface area contributed by atoms with Gasteiger partial charge in [0.15, 0.2) is 0 Å². The quantitative estimate of drug-likeness (QED) is 0.873. The molecule has 1 rings (SSSR count). The highest BCUT2D eigenvalue weighted by molar-refractivity contribution is 6.31. The Kier molecular flexibility index (Phi) is 4.36. The molecule has 0 aromatic heterocycles. The van der Waals surface area contributed by atoms with Gasteiger partial charge in [-0.2, -0.15) is 0 Å². The molecule has 94 valence electrons. The van der Waals surface area contributed by atoms with Gasteiger partial charge >= 0.3 is 0 Å². The van der Waals surface area contributed by atoms with Crippen molar-refractivity contribution in [3.63, 3.8) is 0 Å². The Balaban J connectivity index is 2.68. The first-order valence-electron chi connectivity index (χ1n) is 4.67. The molecule has 0 aliphatic heterocycles. The molecule has 1 aromatic rings. The Morgan fingerprint density at radius 3 is 2.65 bits per heavy atom. The lowest BCUT2D eigenvalue weighted by molar-refractivity contribution is 0.0118. The highest BCUT2D eigenvalue weighted by Crippen LogP contribution is 2.16. The molecule has 0 fully saturated rings. The number of hydrogen-bond acceptors (Lipinski definition) is 2. The SMILES string of the molecule is NCC(F)(F)CNC(=O)c1ccc(F)c(Cl)c1. The summed E-state index contributed by atoms with van der Waals surface area (Å²) in [6.45, 7) is -1.74. The molecule has 17 heavy (non-hydrogen) atoms. The topological polar surface area (TPSA) is 55.1 Å². The number of halogens is 4. The Labute approximate surface area is 101 Å². The van der Waals surface area contributed by atoms with Crippen LogP contribution in [0.25, 0.3) is 0 Å². The second-order valence-corrected chi connectivity index (χ2v) is 3.78. The maximum absolute atomic E-state index is 12.8. The lowest BCUT2D eigenvalue weighted by atomic mass is 10.2. The fourth-order valence-electron chi connectivity index (χ4n) is 1.02. The minimum Gasteiger partial charge on any atom is -0.346 e. The zero-order chi connectivity index (χ0) is 13.1. The first kappa shape index (κ1) is 13.8. The second-order valence-electron chi connectivity index (χ2n) is 3.37. The molecule has 0 spiro atoms. The van der Waals surface area contributed by atoms with E-state index in [2.05, 4.69) is 0 Å². The van der Waals surface area contributed by atoms with Crippen LogP contribution in [0.4, 0.5) is 13.2 Å². The van der Waals surface area contributed by atoms with Crippen molar-refractivity contribution in [2.75, 3.05) is 13.1 Å². The molecular formula is C10H10ClF3N2O. The molecule has 0 saturated carbocycles. The van der Waals surface area contributed by atoms with Crippen LogP contribution in [0, 0.1) is 5.82 Å². The van der Waals surface area contributed by atoms with E-state index in [-0.39, 0.29) is 10.6 Å². The summed E-state index contributed by atoms with van der Waals surface area (Å²) < 4.78 is 38.3. The molecule has 0 aliphatic rings. The molecule has 0 aliphatic carbocycles. The third kappa shape index (κ3) is 3.90. The minimum atomic E-state index is -3.17. The van der Waals surface area contributed by atoms with Crippen molar-refractivity contribution in [2.45, 2.75) is 5.92 Å². The standard InChI is InChI=1S/C10H10ClF3N2O/c11-7-3-6(1-2-8(7)12)9(17)16-5-10(13,14)4-15/h1-3H,4-5,15H2,(H,16,17). The summed E-state index contributed by atoms with van der Waals surface area (Å²) in [5, 5.41) is 1.74. The van der Waals surface area contributed by atoms with Crippen molar-refractivity contribution >= 4 is 17.5 Å². The third-order valence-corrected chi connectivity index (χ3v) is 2.28. The van der Waals surface area contributed by atoms with Crippen molar-refractivity contribution in [1.29, 1.82) is 0 Å². The third-order valence-electron chi connectivity index (χ3n) is 1.99. The first-order valence-corrected chi connectivity index (χ1v) is 5.04. The number of nitrogens with two attached hydrogens (primary N) is 1. The van der Waals surface area contributed by atoms with Crippen molar-refractivity contribution in [3.8, 4) is 0 Å². The number of alkyl halides is 2. The summed E-state index contributed by atoms with van der Waals surface area (Å²) in [6, 6.07) is 3.20. The lowest BCUT2D eigenvalue weighted by Gasteiger charge is -2.14. The molecular weight excluding hydrogens is 257 g/mol. The van der Waals surface area contributed by atoms with E-state index in [1.54, 1.807) is 0 Å². The molecule has 0 saturated heterocycles. The Bertz CT molecular complexity index is 426. The number of carbonyl (C=O) groups excluding carboxylic acids is 1. The van der Waals surface area contributed by atoms with E-state index in [4.69, 9.17) is 17.3 Å². The van der Waals surface area contributed by atoms with Gasteiger partial charge in [-0.3, -0.25) is 4.79 Å². The van der Waals surface area contributed by atoms with E-state index in [1.807, 2.05) is 5.32 Å². The Morgan fingerprint density at radius 1 is 1.47 bits per heavy atom. The van der Waals surface area contributed by atoms with E-state index in [9.17, 15) is 18.0 Å². The summed E-state index contributed by atoms with van der Waals surface area (Å²) in [5.41, 5.74) is 4.81. The summed E-state index contributed by atoms with van der Waals surface area (Å²) in [6.07, 6.45) is 0. The van der Waals surface area contributed by atoms with Crippen LogP contribution in [-0.2, 0) is 0 Å². The summed E-state index contributed by atoms with van der Waals surface area (Å²) >= 11 is 5.45. The molecule has 3 nitrogen and oxygen atoms in total. The van der Waals surface area contributed by atoms with Crippen LogP contribution in [0.15, 0.2) is 18.2 Å². The van der Waals surface area contributed by atoms with Gasteiger partial charge in [0.05, 0.1) is 18.1 Å². The van der Waals surface area contributed by atoms with E-state index >= 15 is 0 Å². The molecule has 1 aromatic carbocycles. The van der Waals surface area contributed by atoms with Gasteiger partial charge in [0.1, 0.15) is 5.82 Å². The fourth-order valence-corrected chi connectivity index (χ4v) is 1.20. The van der Waals surface area contributed by atoms with Crippen LogP contribution in [0.3, 0.4) is 0 Å². The molecule has 0 bridgehead atoms. The average Bonchev–Trinajstić information content (AvgIpc) is 2.30. The predicted octanol–water partition coefficient (Wildman–Crippen LogP) is 1.80. The fraction of sp³-hybridized carbons (Fsp3) is 0.300. The van der Waals surface area contributed by atoms with Crippen molar-refractivity contribution < 1.29 is 18.0 Å². The minimum absolute atomic E-state index is 0.00391. The summed E-state index contributed by atoms with van der Waals surface area (Å²) in [4.78, 5) is 11.4. The lowest BCUT2D eigenvalue weighted by Crippen LogP contribution is -2.41. The smallest absolute Gasteiger partial charge is 0.277 e. The maximum Gasteiger partial charge on any atom is 0.277 e. The van der Waals surface area contributed by atoms with Crippen molar-refractivity contribution in [3.05, 3.63) is 34.6 Å². The van der Waals surface area contributed by atoms with Gasteiger partial charge in [0.2, 0.25) is 0 Å². The number of carbonyl (C=O) groups is 1. The number of nitrogens with one attached hydrogen (secondary N) is 1. The Morgan fingerprint density at radius 2 is 2.12 bits per heavy atom. The zero-order valence-electron chi connectivity index (χ0n) is 8.64. The van der Waals surface area contributed by atoms with Crippen LogP contribution in [-0.4, -0.2) is 24.9 Å². The molecule has 3 N–H and O–H groups in total. The van der Waals surface area contributed by atoms with Gasteiger partial charge in [0.25, 0.3) is 11.8 Å². The van der Waals surface area contributed by atoms with Gasteiger partial charge in [-0.25, -0.2) is 13.2 Å². The van der Waals surface area contributed by atoms with Crippen LogP contribution in [0.5, 0.6) is 0 Å². The van der Waals surface area contributed by atoms with Gasteiger partial charge in [-0.15, -0.1) is 0 Å². The molecule has 0 unspecified atom stereocenters.